The highest BCUT2D eigenvalue weighted by molar-refractivity contribution is 5.40. The van der Waals surface area contributed by atoms with Gasteiger partial charge in [0.05, 0.1) is 6.20 Å². The number of hydrogen-bond donors (Lipinski definition) is 1. The first-order valence-electron chi connectivity index (χ1n) is 7.56. The minimum Gasteiger partial charge on any atom is -0.365 e. The van der Waals surface area contributed by atoms with E-state index in [1.54, 1.807) is 6.20 Å². The van der Waals surface area contributed by atoms with Gasteiger partial charge in [0, 0.05) is 19.6 Å². The van der Waals surface area contributed by atoms with Crippen LogP contribution in [0.15, 0.2) is 30.5 Å². The predicted octanol–water partition coefficient (Wildman–Crippen LogP) is 2.78. The van der Waals surface area contributed by atoms with E-state index in [-0.39, 0.29) is 0 Å². The third kappa shape index (κ3) is 3.48. The van der Waals surface area contributed by atoms with Gasteiger partial charge in [-0.25, -0.2) is 0 Å². The number of anilines is 2. The van der Waals surface area contributed by atoms with Crippen molar-refractivity contribution in [3.8, 4) is 0 Å². The average Bonchev–Trinajstić information content (AvgIpc) is 2.55. The molecule has 0 aliphatic carbocycles. The molecule has 1 aromatic heterocycles. The Morgan fingerprint density at radius 3 is 2.76 bits per heavy atom. The summed E-state index contributed by atoms with van der Waals surface area (Å²) in [5.74, 6) is 1.53. The highest BCUT2D eigenvalue weighted by Crippen LogP contribution is 2.16. The van der Waals surface area contributed by atoms with E-state index in [0.717, 1.165) is 31.4 Å². The molecule has 110 valence electrons. The first-order valence-corrected chi connectivity index (χ1v) is 7.56. The lowest BCUT2D eigenvalue weighted by Crippen LogP contribution is -2.31. The zero-order valence-corrected chi connectivity index (χ0v) is 12.4. The minimum atomic E-state index is 0.740. The molecule has 1 fully saturated rings. The molecule has 2 aromatic rings. The second kappa shape index (κ2) is 6.52. The van der Waals surface area contributed by atoms with Gasteiger partial charge in [0.2, 0.25) is 5.95 Å². The van der Waals surface area contributed by atoms with Crippen LogP contribution in [0.3, 0.4) is 0 Å². The Kier molecular flexibility index (Phi) is 4.28. The van der Waals surface area contributed by atoms with Crippen LogP contribution in [-0.2, 0) is 6.54 Å². The van der Waals surface area contributed by atoms with Crippen LogP contribution in [0, 0.1) is 6.92 Å². The Morgan fingerprint density at radius 1 is 1.14 bits per heavy atom. The van der Waals surface area contributed by atoms with E-state index in [0.29, 0.717) is 0 Å². The fourth-order valence-electron chi connectivity index (χ4n) is 2.60. The fraction of sp³-hybridized carbons (Fsp3) is 0.438. The number of nitrogens with one attached hydrogen (secondary N) is 1. The molecule has 21 heavy (non-hydrogen) atoms. The lowest BCUT2D eigenvalue weighted by Gasteiger charge is -2.26. The summed E-state index contributed by atoms with van der Waals surface area (Å²) in [5.41, 5.74) is 2.55. The van der Waals surface area contributed by atoms with Gasteiger partial charge in [-0.3, -0.25) is 0 Å². The van der Waals surface area contributed by atoms with Crippen LogP contribution >= 0.6 is 0 Å². The normalized spacial score (nSPS) is 15.0. The van der Waals surface area contributed by atoms with Crippen molar-refractivity contribution in [2.75, 3.05) is 23.3 Å². The van der Waals surface area contributed by atoms with Gasteiger partial charge in [0.25, 0.3) is 0 Å². The molecule has 0 atom stereocenters. The van der Waals surface area contributed by atoms with E-state index in [9.17, 15) is 0 Å². The lowest BCUT2D eigenvalue weighted by molar-refractivity contribution is 0.565. The maximum absolute atomic E-state index is 4.58. The maximum Gasteiger partial charge on any atom is 0.247 e. The van der Waals surface area contributed by atoms with Crippen molar-refractivity contribution >= 4 is 11.8 Å². The monoisotopic (exact) mass is 283 g/mol. The largest absolute Gasteiger partial charge is 0.365 e. The number of hydrogen-bond acceptors (Lipinski definition) is 5. The van der Waals surface area contributed by atoms with Crippen LogP contribution in [0.4, 0.5) is 11.8 Å². The van der Waals surface area contributed by atoms with Crippen LogP contribution in [0.1, 0.15) is 30.4 Å². The zero-order chi connectivity index (χ0) is 14.5. The molecule has 5 nitrogen and oxygen atoms in total. The third-order valence-electron chi connectivity index (χ3n) is 3.91. The first-order chi connectivity index (χ1) is 10.3. The summed E-state index contributed by atoms with van der Waals surface area (Å²) in [6.07, 6.45) is 5.41. The maximum atomic E-state index is 4.58. The van der Waals surface area contributed by atoms with Crippen LogP contribution in [0.25, 0.3) is 0 Å². The van der Waals surface area contributed by atoms with E-state index in [4.69, 9.17) is 0 Å². The molecule has 3 rings (SSSR count). The van der Waals surface area contributed by atoms with E-state index in [2.05, 4.69) is 56.6 Å². The van der Waals surface area contributed by atoms with Gasteiger partial charge in [-0.05, 0) is 37.3 Å². The highest BCUT2D eigenvalue weighted by atomic mass is 15.3. The fourth-order valence-corrected chi connectivity index (χ4v) is 2.60. The quantitative estimate of drug-likeness (QED) is 0.935. The number of nitrogens with zero attached hydrogens (tertiary/aromatic N) is 4. The molecular weight excluding hydrogens is 262 g/mol. The molecule has 2 heterocycles. The highest BCUT2D eigenvalue weighted by Gasteiger charge is 2.14. The van der Waals surface area contributed by atoms with Crippen molar-refractivity contribution in [2.24, 2.45) is 0 Å². The van der Waals surface area contributed by atoms with Gasteiger partial charge in [-0.15, -0.1) is 5.10 Å². The van der Waals surface area contributed by atoms with Crippen molar-refractivity contribution in [1.29, 1.82) is 0 Å². The molecule has 0 spiro atoms. The summed E-state index contributed by atoms with van der Waals surface area (Å²) in [4.78, 5) is 6.80. The second-order valence-electron chi connectivity index (χ2n) is 5.47. The number of piperidine rings is 1. The van der Waals surface area contributed by atoms with Gasteiger partial charge in [-0.1, -0.05) is 24.3 Å². The number of benzene rings is 1. The molecule has 1 aliphatic heterocycles. The third-order valence-corrected chi connectivity index (χ3v) is 3.91. The number of aryl methyl sites for hydroxylation is 1. The first kappa shape index (κ1) is 13.8. The van der Waals surface area contributed by atoms with Gasteiger partial charge in [0.15, 0.2) is 5.82 Å². The van der Waals surface area contributed by atoms with Gasteiger partial charge >= 0.3 is 0 Å². The number of rotatable bonds is 4. The van der Waals surface area contributed by atoms with Crippen LogP contribution in [0.5, 0.6) is 0 Å². The smallest absolute Gasteiger partial charge is 0.247 e. The van der Waals surface area contributed by atoms with Gasteiger partial charge < -0.3 is 10.2 Å². The van der Waals surface area contributed by atoms with E-state index in [1.807, 2.05) is 0 Å². The summed E-state index contributed by atoms with van der Waals surface area (Å²) < 4.78 is 0. The molecule has 0 unspecified atom stereocenters. The molecule has 0 amide bonds. The van der Waals surface area contributed by atoms with E-state index >= 15 is 0 Å². The molecule has 1 N–H and O–H groups in total. The van der Waals surface area contributed by atoms with Crippen molar-refractivity contribution < 1.29 is 0 Å². The summed E-state index contributed by atoms with van der Waals surface area (Å²) in [5, 5.41) is 11.6. The van der Waals surface area contributed by atoms with Crippen molar-refractivity contribution in [3.63, 3.8) is 0 Å². The van der Waals surface area contributed by atoms with Crippen molar-refractivity contribution in [2.45, 2.75) is 32.7 Å². The molecule has 1 saturated heterocycles. The molecule has 0 saturated carbocycles. The second-order valence-corrected chi connectivity index (χ2v) is 5.47. The minimum absolute atomic E-state index is 0.740. The molecule has 1 aromatic carbocycles. The Balaban J connectivity index is 1.67. The lowest BCUT2D eigenvalue weighted by atomic mass is 10.1. The summed E-state index contributed by atoms with van der Waals surface area (Å²) in [7, 11) is 0. The molecule has 0 radical (unpaired) electrons. The Labute approximate surface area is 125 Å². The Bertz CT molecular complexity index is 593. The standard InChI is InChI=1S/C16H21N5/c1-13-7-3-4-8-14(13)11-17-15-12-18-20-16(19-15)21-9-5-2-6-10-21/h3-4,7-8,12H,2,5-6,9-11H2,1H3,(H,17,19,20). The summed E-state index contributed by atoms with van der Waals surface area (Å²) in [6.45, 7) is 4.94. The van der Waals surface area contributed by atoms with Crippen LogP contribution in [0.2, 0.25) is 0 Å². The summed E-state index contributed by atoms with van der Waals surface area (Å²) >= 11 is 0. The average molecular weight is 283 g/mol. The predicted molar refractivity (Wildman–Crippen MR) is 84.4 cm³/mol. The zero-order valence-electron chi connectivity index (χ0n) is 12.4. The van der Waals surface area contributed by atoms with E-state index in [1.165, 1.54) is 30.4 Å². The van der Waals surface area contributed by atoms with Gasteiger partial charge in [0.1, 0.15) is 0 Å². The van der Waals surface area contributed by atoms with Gasteiger partial charge in [-0.2, -0.15) is 10.1 Å². The Hall–Kier alpha value is -2.17. The molecular formula is C16H21N5. The van der Waals surface area contributed by atoms with Crippen molar-refractivity contribution in [1.82, 2.24) is 15.2 Å². The van der Waals surface area contributed by atoms with Crippen molar-refractivity contribution in [3.05, 3.63) is 41.6 Å². The number of aromatic nitrogens is 3. The topological polar surface area (TPSA) is 53.9 Å². The Morgan fingerprint density at radius 2 is 1.95 bits per heavy atom. The van der Waals surface area contributed by atoms with Crippen LogP contribution < -0.4 is 10.2 Å². The van der Waals surface area contributed by atoms with E-state index < -0.39 is 0 Å². The molecule has 1 aliphatic rings. The SMILES string of the molecule is Cc1ccccc1CNc1cnnc(N2CCCCC2)n1. The molecule has 0 bridgehead atoms. The molecule has 5 heteroatoms. The summed E-state index contributed by atoms with van der Waals surface area (Å²) in [6, 6.07) is 8.36. The van der Waals surface area contributed by atoms with Crippen LogP contribution in [-0.4, -0.2) is 28.3 Å².